The summed E-state index contributed by atoms with van der Waals surface area (Å²) in [5.41, 5.74) is 3.75. The van der Waals surface area contributed by atoms with E-state index in [2.05, 4.69) is 70.3 Å². The second-order valence-corrected chi connectivity index (χ2v) is 9.35. The van der Waals surface area contributed by atoms with Gasteiger partial charge in [0.15, 0.2) is 11.3 Å². The normalized spacial score (nSPS) is 20.5. The van der Waals surface area contributed by atoms with Gasteiger partial charge in [0, 0.05) is 43.5 Å². The predicted molar refractivity (Wildman–Crippen MR) is 125 cm³/mol. The summed E-state index contributed by atoms with van der Waals surface area (Å²) in [6.45, 7) is 4.69. The standard InChI is InChI=1S/C25H32N6O/c1-28(2)21-11-15-30(17-21)25(32)23-24-26-12-8-22(31(24)18-27-23)20-9-13-29(14-10-20)16-19-6-4-3-5-7-19/h3-8,12,18,20-21H,9-11,13-17H2,1-2H3/t21-/m1/s1. The summed E-state index contributed by atoms with van der Waals surface area (Å²) in [6.07, 6.45) is 6.84. The van der Waals surface area contributed by atoms with E-state index in [4.69, 9.17) is 0 Å². The summed E-state index contributed by atoms with van der Waals surface area (Å²) >= 11 is 0. The number of benzene rings is 1. The summed E-state index contributed by atoms with van der Waals surface area (Å²) in [7, 11) is 4.15. The topological polar surface area (TPSA) is 57.0 Å². The first-order chi connectivity index (χ1) is 15.6. The quantitative estimate of drug-likeness (QED) is 0.621. The van der Waals surface area contributed by atoms with Crippen molar-refractivity contribution >= 4 is 11.6 Å². The number of carbonyl (C=O) groups is 1. The lowest BCUT2D eigenvalue weighted by Crippen LogP contribution is -2.34. The lowest BCUT2D eigenvalue weighted by atomic mass is 9.93. The molecule has 4 heterocycles. The van der Waals surface area contributed by atoms with Gasteiger partial charge in [-0.15, -0.1) is 0 Å². The van der Waals surface area contributed by atoms with Gasteiger partial charge in [-0.3, -0.25) is 14.1 Å². The third-order valence-corrected chi connectivity index (χ3v) is 7.10. The van der Waals surface area contributed by atoms with Crippen LogP contribution in [-0.2, 0) is 6.54 Å². The van der Waals surface area contributed by atoms with Gasteiger partial charge in [-0.25, -0.2) is 9.97 Å². The minimum Gasteiger partial charge on any atom is -0.336 e. The average Bonchev–Trinajstić information content (AvgIpc) is 3.48. The van der Waals surface area contributed by atoms with E-state index in [1.807, 2.05) is 15.5 Å². The van der Waals surface area contributed by atoms with E-state index >= 15 is 0 Å². The van der Waals surface area contributed by atoms with Crippen molar-refractivity contribution in [2.75, 3.05) is 40.3 Å². The Labute approximate surface area is 189 Å². The second kappa shape index (κ2) is 9.00. The molecule has 0 spiro atoms. The zero-order valence-electron chi connectivity index (χ0n) is 19.0. The van der Waals surface area contributed by atoms with Crippen LogP contribution in [0.4, 0.5) is 0 Å². The van der Waals surface area contributed by atoms with Crippen LogP contribution in [0.15, 0.2) is 48.9 Å². The maximum atomic E-state index is 13.2. The van der Waals surface area contributed by atoms with E-state index in [0.29, 0.717) is 23.3 Å². The highest BCUT2D eigenvalue weighted by Gasteiger charge is 2.31. The van der Waals surface area contributed by atoms with Gasteiger partial charge in [0.2, 0.25) is 0 Å². The van der Waals surface area contributed by atoms with Crippen molar-refractivity contribution in [1.82, 2.24) is 29.1 Å². The minimum absolute atomic E-state index is 0.000759. The first-order valence-corrected chi connectivity index (χ1v) is 11.6. The monoisotopic (exact) mass is 432 g/mol. The van der Waals surface area contributed by atoms with Gasteiger partial charge in [0.1, 0.15) is 6.33 Å². The number of fused-ring (bicyclic) bond motifs is 1. The molecule has 2 aliphatic rings. The molecule has 7 heteroatoms. The van der Waals surface area contributed by atoms with E-state index in [9.17, 15) is 4.79 Å². The Bertz CT molecular complexity index is 1070. The van der Waals surface area contributed by atoms with Crippen molar-refractivity contribution in [3.8, 4) is 0 Å². The Morgan fingerprint density at radius 1 is 1.03 bits per heavy atom. The molecule has 2 fully saturated rings. The van der Waals surface area contributed by atoms with Gasteiger partial charge < -0.3 is 9.80 Å². The highest BCUT2D eigenvalue weighted by Crippen LogP contribution is 2.29. The maximum Gasteiger partial charge on any atom is 0.276 e. The molecule has 2 saturated heterocycles. The van der Waals surface area contributed by atoms with Gasteiger partial charge in [-0.2, -0.15) is 0 Å². The number of hydrogen-bond acceptors (Lipinski definition) is 5. The van der Waals surface area contributed by atoms with Crippen LogP contribution in [0.3, 0.4) is 0 Å². The number of nitrogens with zero attached hydrogens (tertiary/aromatic N) is 6. The molecule has 0 radical (unpaired) electrons. The van der Waals surface area contributed by atoms with Crippen LogP contribution in [0.5, 0.6) is 0 Å². The summed E-state index contributed by atoms with van der Waals surface area (Å²) in [4.78, 5) is 28.9. The smallest absolute Gasteiger partial charge is 0.276 e. The van der Waals surface area contributed by atoms with Crippen molar-refractivity contribution in [2.24, 2.45) is 0 Å². The van der Waals surface area contributed by atoms with Gasteiger partial charge in [0.25, 0.3) is 5.91 Å². The van der Waals surface area contributed by atoms with E-state index in [1.165, 1.54) is 11.3 Å². The Balaban J connectivity index is 1.29. The largest absolute Gasteiger partial charge is 0.336 e. The first kappa shape index (κ1) is 21.1. The predicted octanol–water partition coefficient (Wildman–Crippen LogP) is 2.89. The van der Waals surface area contributed by atoms with Crippen molar-refractivity contribution in [2.45, 2.75) is 37.8 Å². The van der Waals surface area contributed by atoms with Crippen LogP contribution in [0, 0.1) is 0 Å². The zero-order valence-corrected chi connectivity index (χ0v) is 19.0. The van der Waals surface area contributed by atoms with Gasteiger partial charge in [0.05, 0.1) is 0 Å². The number of imidazole rings is 1. The van der Waals surface area contributed by atoms with E-state index in [1.54, 1.807) is 6.33 Å². The number of hydrogen-bond donors (Lipinski definition) is 0. The molecule has 2 aromatic heterocycles. The molecule has 7 nitrogen and oxygen atoms in total. The maximum absolute atomic E-state index is 13.2. The van der Waals surface area contributed by atoms with E-state index in [-0.39, 0.29) is 5.91 Å². The van der Waals surface area contributed by atoms with E-state index < -0.39 is 0 Å². The fraction of sp³-hybridized carbons (Fsp3) is 0.480. The molecule has 0 bridgehead atoms. The van der Waals surface area contributed by atoms with Gasteiger partial charge in [-0.05, 0) is 58.1 Å². The molecule has 2 aliphatic heterocycles. The fourth-order valence-electron chi connectivity index (χ4n) is 5.13. The molecule has 1 atom stereocenters. The summed E-state index contributed by atoms with van der Waals surface area (Å²) < 4.78 is 2.05. The Kier molecular flexibility index (Phi) is 5.93. The highest BCUT2D eigenvalue weighted by atomic mass is 16.2. The van der Waals surface area contributed by atoms with Crippen molar-refractivity contribution in [3.63, 3.8) is 0 Å². The van der Waals surface area contributed by atoms with Crippen molar-refractivity contribution in [3.05, 3.63) is 65.9 Å². The molecule has 0 N–H and O–H groups in total. The number of rotatable bonds is 5. The van der Waals surface area contributed by atoms with Crippen LogP contribution in [-0.4, -0.2) is 81.3 Å². The number of likely N-dealkylation sites (N-methyl/N-ethyl adjacent to an activating group) is 1. The SMILES string of the molecule is CN(C)[C@@H]1CCN(C(=O)c2ncn3c(C4CCN(Cc5ccccc5)CC4)ccnc23)C1. The zero-order chi connectivity index (χ0) is 22.1. The number of likely N-dealkylation sites (tertiary alicyclic amines) is 2. The molecule has 1 aromatic carbocycles. The molecule has 32 heavy (non-hydrogen) atoms. The third-order valence-electron chi connectivity index (χ3n) is 7.10. The summed E-state index contributed by atoms with van der Waals surface area (Å²) in [5, 5.41) is 0. The summed E-state index contributed by atoms with van der Waals surface area (Å²) in [5.74, 6) is 0.453. The lowest BCUT2D eigenvalue weighted by Gasteiger charge is -2.32. The molecule has 3 aromatic rings. The Morgan fingerprint density at radius 3 is 2.53 bits per heavy atom. The van der Waals surface area contributed by atoms with Crippen LogP contribution < -0.4 is 0 Å². The van der Waals surface area contributed by atoms with Crippen LogP contribution in [0.1, 0.15) is 46.9 Å². The highest BCUT2D eigenvalue weighted by molar-refractivity contribution is 5.98. The molecule has 0 aliphatic carbocycles. The average molecular weight is 433 g/mol. The molecular weight excluding hydrogens is 400 g/mol. The molecular formula is C25H32N6O. The minimum atomic E-state index is -0.000759. The fourth-order valence-corrected chi connectivity index (χ4v) is 5.13. The van der Waals surface area contributed by atoms with Gasteiger partial charge in [-0.1, -0.05) is 30.3 Å². The number of carbonyl (C=O) groups excluding carboxylic acids is 1. The Morgan fingerprint density at radius 2 is 1.81 bits per heavy atom. The van der Waals surface area contributed by atoms with E-state index in [0.717, 1.165) is 52.0 Å². The number of piperidine rings is 1. The van der Waals surface area contributed by atoms with Crippen LogP contribution in [0.25, 0.3) is 5.65 Å². The molecule has 168 valence electrons. The van der Waals surface area contributed by atoms with Crippen LogP contribution >= 0.6 is 0 Å². The Hall–Kier alpha value is -2.77. The first-order valence-electron chi connectivity index (χ1n) is 11.6. The lowest BCUT2D eigenvalue weighted by molar-refractivity contribution is 0.0779. The molecule has 1 amide bonds. The van der Waals surface area contributed by atoms with Crippen molar-refractivity contribution < 1.29 is 4.79 Å². The number of amides is 1. The van der Waals surface area contributed by atoms with Gasteiger partial charge >= 0.3 is 0 Å². The second-order valence-electron chi connectivity index (χ2n) is 9.35. The van der Waals surface area contributed by atoms with Crippen LogP contribution in [0.2, 0.25) is 0 Å². The third kappa shape index (κ3) is 4.14. The number of aromatic nitrogens is 3. The molecule has 5 rings (SSSR count). The molecule has 0 unspecified atom stereocenters. The molecule has 0 saturated carbocycles. The summed E-state index contributed by atoms with van der Waals surface area (Å²) in [6, 6.07) is 13.2. The van der Waals surface area contributed by atoms with Crippen molar-refractivity contribution in [1.29, 1.82) is 0 Å².